The molecule has 1 aliphatic heterocycles. The maximum Gasteiger partial charge on any atom is 0.475 e. The van der Waals surface area contributed by atoms with E-state index in [1.807, 2.05) is 0 Å². The number of rotatable bonds is 4. The van der Waals surface area contributed by atoms with Gasteiger partial charge in [-0.1, -0.05) is 25.7 Å². The van der Waals surface area contributed by atoms with E-state index in [1.165, 1.54) is 25.7 Å². The number of hydrogen-bond acceptors (Lipinski definition) is 4. The quantitative estimate of drug-likeness (QED) is 0.506. The average Bonchev–Trinajstić information content (AvgIpc) is 2.74. The fourth-order valence-corrected chi connectivity index (χ4v) is 3.23. The normalized spacial score (nSPS) is 25.4. The maximum absolute atomic E-state index is 12.1. The molecule has 3 N–H and O–H groups in total. The lowest BCUT2D eigenvalue weighted by Crippen LogP contribution is -2.49. The van der Waals surface area contributed by atoms with Gasteiger partial charge in [0, 0.05) is 12.6 Å². The van der Waals surface area contributed by atoms with Crippen LogP contribution in [-0.2, 0) is 4.79 Å². The van der Waals surface area contributed by atoms with Crippen LogP contribution in [0.15, 0.2) is 0 Å². The van der Waals surface area contributed by atoms with E-state index in [9.17, 15) is 14.8 Å². The minimum Gasteiger partial charge on any atom is -0.426 e. The number of carbonyl (C=O) groups excluding carboxylic acids is 1. The molecule has 108 valence electrons. The predicted molar refractivity (Wildman–Crippen MR) is 74.4 cm³/mol. The van der Waals surface area contributed by atoms with E-state index in [0.29, 0.717) is 25.6 Å². The predicted octanol–water partition coefficient (Wildman–Crippen LogP) is 0.302. The molecule has 2 fully saturated rings. The fraction of sp³-hybridized carbons (Fsp3) is 0.923. The average molecular weight is 268 g/mol. The Labute approximate surface area is 115 Å². The van der Waals surface area contributed by atoms with Crippen LogP contribution in [0.5, 0.6) is 0 Å². The molecule has 0 aromatic carbocycles. The summed E-state index contributed by atoms with van der Waals surface area (Å²) in [5.41, 5.74) is 0. The zero-order valence-corrected chi connectivity index (χ0v) is 11.6. The monoisotopic (exact) mass is 268 g/mol. The Morgan fingerprint density at radius 1 is 1.11 bits per heavy atom. The fourth-order valence-electron chi connectivity index (χ4n) is 3.23. The van der Waals surface area contributed by atoms with Crippen LogP contribution in [0.1, 0.15) is 51.4 Å². The lowest BCUT2D eigenvalue weighted by Gasteiger charge is -2.25. The van der Waals surface area contributed by atoms with E-state index in [4.69, 9.17) is 0 Å². The summed E-state index contributed by atoms with van der Waals surface area (Å²) in [6.45, 7) is 0.974. The molecular formula is C13H25BN2O3. The van der Waals surface area contributed by atoms with Crippen molar-refractivity contribution < 1.29 is 14.8 Å². The van der Waals surface area contributed by atoms with Crippen molar-refractivity contribution in [1.82, 2.24) is 10.2 Å². The molecule has 0 aromatic rings. The maximum atomic E-state index is 12.1. The third kappa shape index (κ3) is 4.19. The number of nitrogens with zero attached hydrogens (tertiary/aromatic N) is 1. The van der Waals surface area contributed by atoms with E-state index in [0.717, 1.165) is 19.3 Å². The van der Waals surface area contributed by atoms with Gasteiger partial charge in [0.25, 0.3) is 0 Å². The second-order valence-corrected chi connectivity index (χ2v) is 5.78. The first-order valence-corrected chi connectivity index (χ1v) is 7.57. The summed E-state index contributed by atoms with van der Waals surface area (Å²) in [4.78, 5) is 13.7. The van der Waals surface area contributed by atoms with Crippen molar-refractivity contribution >= 4 is 13.0 Å². The Bertz CT molecular complexity index is 294. The van der Waals surface area contributed by atoms with E-state index in [2.05, 4.69) is 5.32 Å². The third-order valence-electron chi connectivity index (χ3n) is 4.36. The van der Waals surface area contributed by atoms with Crippen molar-refractivity contribution in [2.75, 3.05) is 13.1 Å². The molecule has 1 saturated heterocycles. The van der Waals surface area contributed by atoms with E-state index in [-0.39, 0.29) is 5.91 Å². The molecule has 0 spiro atoms. The van der Waals surface area contributed by atoms with Gasteiger partial charge in [0.1, 0.15) is 0 Å². The second-order valence-electron chi connectivity index (χ2n) is 5.78. The molecule has 0 unspecified atom stereocenters. The van der Waals surface area contributed by atoms with Gasteiger partial charge in [0.15, 0.2) is 0 Å². The van der Waals surface area contributed by atoms with Gasteiger partial charge in [-0.15, -0.1) is 0 Å². The van der Waals surface area contributed by atoms with Crippen LogP contribution in [0.3, 0.4) is 0 Å². The lowest BCUT2D eigenvalue weighted by molar-refractivity contribution is -0.130. The van der Waals surface area contributed by atoms with Crippen molar-refractivity contribution in [3.63, 3.8) is 0 Å². The van der Waals surface area contributed by atoms with Gasteiger partial charge in [-0.25, -0.2) is 0 Å². The van der Waals surface area contributed by atoms with Crippen molar-refractivity contribution in [2.24, 2.45) is 0 Å². The van der Waals surface area contributed by atoms with Crippen molar-refractivity contribution in [2.45, 2.75) is 63.3 Å². The number of nitrogens with one attached hydrogen (secondary N) is 1. The Hall–Kier alpha value is -0.585. The minimum atomic E-state index is -1.41. The van der Waals surface area contributed by atoms with Crippen LogP contribution in [0.25, 0.3) is 0 Å². The highest BCUT2D eigenvalue weighted by Crippen LogP contribution is 2.19. The number of likely N-dealkylation sites (tertiary alicyclic amines) is 1. The van der Waals surface area contributed by atoms with Crippen molar-refractivity contribution in [3.05, 3.63) is 0 Å². The van der Waals surface area contributed by atoms with Crippen LogP contribution >= 0.6 is 0 Å². The molecule has 2 aliphatic rings. The largest absolute Gasteiger partial charge is 0.475 e. The van der Waals surface area contributed by atoms with Gasteiger partial charge in [0.2, 0.25) is 5.91 Å². The van der Waals surface area contributed by atoms with Crippen LogP contribution in [0.4, 0.5) is 0 Å². The second kappa shape index (κ2) is 7.26. The van der Waals surface area contributed by atoms with Gasteiger partial charge in [-0.3, -0.25) is 4.79 Å². The molecule has 1 atom stereocenters. The first-order chi connectivity index (χ1) is 9.18. The SMILES string of the molecule is O=C(CNC1CCCCCC1)N1CCC[C@H]1B(O)O. The first kappa shape index (κ1) is 14.8. The lowest BCUT2D eigenvalue weighted by atomic mass is 9.78. The summed E-state index contributed by atoms with van der Waals surface area (Å²) in [6, 6.07) is 0.451. The van der Waals surface area contributed by atoms with Gasteiger partial charge in [-0.05, 0) is 25.7 Å². The molecular weight excluding hydrogens is 243 g/mol. The van der Waals surface area contributed by atoms with Gasteiger partial charge < -0.3 is 20.3 Å². The van der Waals surface area contributed by atoms with Crippen molar-refractivity contribution in [3.8, 4) is 0 Å². The van der Waals surface area contributed by atoms with E-state index >= 15 is 0 Å². The molecule has 1 heterocycles. The zero-order chi connectivity index (χ0) is 13.7. The van der Waals surface area contributed by atoms with Gasteiger partial charge in [-0.2, -0.15) is 0 Å². The summed E-state index contributed by atoms with van der Waals surface area (Å²) in [6.07, 6.45) is 8.94. The topological polar surface area (TPSA) is 72.8 Å². The van der Waals surface area contributed by atoms with Crippen LogP contribution in [-0.4, -0.2) is 53.0 Å². The molecule has 0 aromatic heterocycles. The highest BCUT2D eigenvalue weighted by molar-refractivity contribution is 6.43. The highest BCUT2D eigenvalue weighted by atomic mass is 16.4. The van der Waals surface area contributed by atoms with E-state index in [1.54, 1.807) is 4.90 Å². The summed E-state index contributed by atoms with van der Waals surface area (Å²) < 4.78 is 0. The first-order valence-electron chi connectivity index (χ1n) is 7.57. The van der Waals surface area contributed by atoms with Crippen LogP contribution in [0.2, 0.25) is 0 Å². The summed E-state index contributed by atoms with van der Waals surface area (Å²) in [7, 11) is -1.41. The summed E-state index contributed by atoms with van der Waals surface area (Å²) >= 11 is 0. The van der Waals surface area contributed by atoms with Gasteiger partial charge >= 0.3 is 7.12 Å². The smallest absolute Gasteiger partial charge is 0.426 e. The molecule has 0 radical (unpaired) electrons. The zero-order valence-electron chi connectivity index (χ0n) is 11.6. The molecule has 1 aliphatic carbocycles. The molecule has 6 heteroatoms. The Morgan fingerprint density at radius 2 is 1.79 bits per heavy atom. The van der Waals surface area contributed by atoms with E-state index < -0.39 is 13.1 Å². The highest BCUT2D eigenvalue weighted by Gasteiger charge is 2.36. The molecule has 1 amide bonds. The number of hydrogen-bond donors (Lipinski definition) is 3. The van der Waals surface area contributed by atoms with Gasteiger partial charge in [0.05, 0.1) is 12.5 Å². The standard InChI is InChI=1S/C13H25BN2O3/c17-13(16-9-5-8-12(16)14(18)19)10-15-11-6-3-1-2-4-7-11/h11-12,15,18-19H,1-10H2/t12-/m0/s1. The van der Waals surface area contributed by atoms with Crippen molar-refractivity contribution in [1.29, 1.82) is 0 Å². The third-order valence-corrected chi connectivity index (χ3v) is 4.36. The van der Waals surface area contributed by atoms with Crippen LogP contribution < -0.4 is 5.32 Å². The number of amides is 1. The Morgan fingerprint density at radius 3 is 2.42 bits per heavy atom. The van der Waals surface area contributed by atoms with Crippen LogP contribution in [0, 0.1) is 0 Å². The molecule has 0 bridgehead atoms. The molecule has 5 nitrogen and oxygen atoms in total. The summed E-state index contributed by atoms with van der Waals surface area (Å²) in [5, 5.41) is 21.9. The molecule has 2 rings (SSSR count). The Kier molecular flexibility index (Phi) is 5.67. The molecule has 19 heavy (non-hydrogen) atoms. The number of carbonyl (C=O) groups is 1. The Balaban J connectivity index is 1.77. The summed E-state index contributed by atoms with van der Waals surface area (Å²) in [5.74, 6) is -0.414. The molecule has 1 saturated carbocycles. The minimum absolute atomic E-state index is 0.000142.